The van der Waals surface area contributed by atoms with Crippen molar-refractivity contribution in [2.24, 2.45) is 0 Å². The van der Waals surface area contributed by atoms with Crippen LogP contribution in [0.3, 0.4) is 0 Å². The molecule has 0 unspecified atom stereocenters. The lowest BCUT2D eigenvalue weighted by Gasteiger charge is -2.12. The highest BCUT2D eigenvalue weighted by molar-refractivity contribution is 5.41. The topological polar surface area (TPSA) is 48.0 Å². The van der Waals surface area contributed by atoms with Crippen LogP contribution in [-0.4, -0.2) is 4.57 Å². The van der Waals surface area contributed by atoms with Gasteiger partial charge < -0.3 is 10.3 Å². The molecule has 0 fully saturated rings. The lowest BCUT2D eigenvalue weighted by Crippen LogP contribution is -2.23. The smallest absolute Gasteiger partial charge is 0.251 e. The number of fused-ring (bicyclic) bond motifs is 1. The quantitative estimate of drug-likeness (QED) is 0.816. The number of benzene rings is 1. The van der Waals surface area contributed by atoms with Gasteiger partial charge in [-0.25, -0.2) is 0 Å². The first-order chi connectivity index (χ1) is 8.74. The molecule has 0 radical (unpaired) electrons. The number of pyridine rings is 1. The minimum absolute atomic E-state index is 0.0816. The van der Waals surface area contributed by atoms with Crippen LogP contribution in [-0.2, 0) is 19.4 Å². The molecule has 0 aliphatic heterocycles. The average Bonchev–Trinajstić information content (AvgIpc) is 2.81. The van der Waals surface area contributed by atoms with Crippen LogP contribution in [0.5, 0.6) is 0 Å². The standard InChI is InChI=1S/C15H16N2O/c16-13-5-1-3-11(9-13)10-17-14-6-2-4-12(14)7-8-15(17)18/h1,3,5,7-9H,2,4,6,10,16H2. The molecule has 1 aliphatic rings. The molecule has 3 heteroatoms. The van der Waals surface area contributed by atoms with Gasteiger partial charge in [0.25, 0.3) is 5.56 Å². The predicted molar refractivity (Wildman–Crippen MR) is 72.7 cm³/mol. The Morgan fingerprint density at radius 2 is 2.06 bits per heavy atom. The van der Waals surface area contributed by atoms with Gasteiger partial charge in [0.05, 0.1) is 6.54 Å². The number of hydrogen-bond acceptors (Lipinski definition) is 2. The molecule has 1 aromatic carbocycles. The average molecular weight is 240 g/mol. The van der Waals surface area contributed by atoms with Gasteiger partial charge >= 0.3 is 0 Å². The fourth-order valence-electron chi connectivity index (χ4n) is 2.68. The molecule has 0 atom stereocenters. The van der Waals surface area contributed by atoms with Crippen LogP contribution in [0.4, 0.5) is 5.69 Å². The van der Waals surface area contributed by atoms with E-state index in [4.69, 9.17) is 5.73 Å². The molecule has 3 rings (SSSR count). The first-order valence-electron chi connectivity index (χ1n) is 6.30. The van der Waals surface area contributed by atoms with Crippen molar-refractivity contribution in [2.45, 2.75) is 25.8 Å². The van der Waals surface area contributed by atoms with Crippen molar-refractivity contribution in [1.82, 2.24) is 4.57 Å². The predicted octanol–water partition coefficient (Wildman–Crippen LogP) is 1.97. The third kappa shape index (κ3) is 1.92. The fourth-order valence-corrected chi connectivity index (χ4v) is 2.68. The zero-order valence-electron chi connectivity index (χ0n) is 10.2. The summed E-state index contributed by atoms with van der Waals surface area (Å²) in [4.78, 5) is 12.0. The molecule has 3 nitrogen and oxygen atoms in total. The summed E-state index contributed by atoms with van der Waals surface area (Å²) in [6, 6.07) is 11.4. The van der Waals surface area contributed by atoms with Gasteiger partial charge in [0, 0.05) is 17.4 Å². The lowest BCUT2D eigenvalue weighted by atomic mass is 10.1. The van der Waals surface area contributed by atoms with Crippen molar-refractivity contribution in [1.29, 1.82) is 0 Å². The van der Waals surface area contributed by atoms with Crippen LogP contribution in [0.25, 0.3) is 0 Å². The molecule has 0 spiro atoms. The Labute approximate surface area is 106 Å². The summed E-state index contributed by atoms with van der Waals surface area (Å²) in [5.74, 6) is 0. The minimum atomic E-state index is 0.0816. The molecule has 2 N–H and O–H groups in total. The maximum atomic E-state index is 12.0. The second-order valence-corrected chi connectivity index (χ2v) is 4.83. The van der Waals surface area contributed by atoms with Gasteiger partial charge in [0.15, 0.2) is 0 Å². The maximum absolute atomic E-state index is 12.0. The number of rotatable bonds is 2. The van der Waals surface area contributed by atoms with Crippen molar-refractivity contribution in [3.8, 4) is 0 Å². The highest BCUT2D eigenvalue weighted by atomic mass is 16.1. The molecule has 1 heterocycles. The SMILES string of the molecule is Nc1cccc(Cn2c3c(ccc2=O)CCC3)c1. The maximum Gasteiger partial charge on any atom is 0.251 e. The van der Waals surface area contributed by atoms with Crippen LogP contribution >= 0.6 is 0 Å². The third-order valence-electron chi connectivity index (χ3n) is 3.54. The van der Waals surface area contributed by atoms with Gasteiger partial charge in [-0.1, -0.05) is 18.2 Å². The van der Waals surface area contributed by atoms with Crippen LogP contribution in [0.2, 0.25) is 0 Å². The fraction of sp³-hybridized carbons (Fsp3) is 0.267. The monoisotopic (exact) mass is 240 g/mol. The molecule has 0 saturated carbocycles. The van der Waals surface area contributed by atoms with Crippen LogP contribution in [0.1, 0.15) is 23.2 Å². The van der Waals surface area contributed by atoms with E-state index in [2.05, 4.69) is 0 Å². The zero-order chi connectivity index (χ0) is 12.5. The Bertz CT molecular complexity index is 643. The van der Waals surface area contributed by atoms with E-state index in [1.807, 2.05) is 34.9 Å². The Morgan fingerprint density at radius 1 is 1.17 bits per heavy atom. The largest absolute Gasteiger partial charge is 0.399 e. The van der Waals surface area contributed by atoms with Gasteiger partial charge in [-0.3, -0.25) is 4.79 Å². The Balaban J connectivity index is 2.03. The normalized spacial score (nSPS) is 13.6. The van der Waals surface area contributed by atoms with Crippen LogP contribution in [0, 0.1) is 0 Å². The highest BCUT2D eigenvalue weighted by Crippen LogP contribution is 2.20. The van der Waals surface area contributed by atoms with Crippen molar-refractivity contribution < 1.29 is 0 Å². The van der Waals surface area contributed by atoms with Crippen LogP contribution in [0.15, 0.2) is 41.2 Å². The van der Waals surface area contributed by atoms with Crippen molar-refractivity contribution in [3.63, 3.8) is 0 Å². The second kappa shape index (κ2) is 4.33. The summed E-state index contributed by atoms with van der Waals surface area (Å²) in [6.45, 7) is 0.618. The molecule has 18 heavy (non-hydrogen) atoms. The van der Waals surface area contributed by atoms with E-state index in [9.17, 15) is 4.79 Å². The number of anilines is 1. The van der Waals surface area contributed by atoms with Crippen LogP contribution < -0.4 is 11.3 Å². The molecule has 92 valence electrons. The van der Waals surface area contributed by atoms with Gasteiger partial charge in [-0.15, -0.1) is 0 Å². The zero-order valence-corrected chi connectivity index (χ0v) is 10.2. The van der Waals surface area contributed by atoms with Gasteiger partial charge in [0.2, 0.25) is 0 Å². The molecule has 0 saturated heterocycles. The summed E-state index contributed by atoms with van der Waals surface area (Å²) in [7, 11) is 0. The van der Waals surface area contributed by atoms with E-state index in [1.165, 1.54) is 11.3 Å². The van der Waals surface area contributed by atoms with E-state index < -0.39 is 0 Å². The first kappa shape index (κ1) is 11.1. The van der Waals surface area contributed by atoms with E-state index in [-0.39, 0.29) is 5.56 Å². The minimum Gasteiger partial charge on any atom is -0.399 e. The summed E-state index contributed by atoms with van der Waals surface area (Å²) < 4.78 is 1.89. The van der Waals surface area contributed by atoms with E-state index >= 15 is 0 Å². The summed E-state index contributed by atoms with van der Waals surface area (Å²) in [5.41, 5.74) is 10.2. The van der Waals surface area contributed by atoms with Gasteiger partial charge in [0.1, 0.15) is 0 Å². The summed E-state index contributed by atoms with van der Waals surface area (Å²) >= 11 is 0. The number of aromatic nitrogens is 1. The molecule has 0 bridgehead atoms. The number of nitrogens with two attached hydrogens (primary N) is 1. The van der Waals surface area contributed by atoms with Crippen molar-refractivity contribution >= 4 is 5.69 Å². The molecule has 1 aromatic heterocycles. The Kier molecular flexibility index (Phi) is 2.67. The Morgan fingerprint density at radius 3 is 2.89 bits per heavy atom. The van der Waals surface area contributed by atoms with Gasteiger partial charge in [-0.05, 0) is 42.5 Å². The number of nitrogen functional groups attached to an aromatic ring is 1. The number of hydrogen-bond donors (Lipinski definition) is 1. The summed E-state index contributed by atoms with van der Waals surface area (Å²) in [6.07, 6.45) is 3.25. The molecule has 2 aromatic rings. The Hall–Kier alpha value is -2.03. The molecule has 0 amide bonds. The van der Waals surface area contributed by atoms with E-state index in [0.717, 1.165) is 30.5 Å². The number of aryl methyl sites for hydroxylation is 1. The van der Waals surface area contributed by atoms with E-state index in [0.29, 0.717) is 6.54 Å². The van der Waals surface area contributed by atoms with Crippen molar-refractivity contribution in [3.05, 3.63) is 63.6 Å². The van der Waals surface area contributed by atoms with Gasteiger partial charge in [-0.2, -0.15) is 0 Å². The lowest BCUT2D eigenvalue weighted by molar-refractivity contribution is 0.707. The van der Waals surface area contributed by atoms with Crippen molar-refractivity contribution in [2.75, 3.05) is 5.73 Å². The highest BCUT2D eigenvalue weighted by Gasteiger charge is 2.15. The van der Waals surface area contributed by atoms with E-state index in [1.54, 1.807) is 6.07 Å². The first-order valence-corrected chi connectivity index (χ1v) is 6.30. The second-order valence-electron chi connectivity index (χ2n) is 4.83. The number of nitrogens with zero attached hydrogens (tertiary/aromatic N) is 1. The molecule has 1 aliphatic carbocycles. The molecular weight excluding hydrogens is 224 g/mol. The third-order valence-corrected chi connectivity index (χ3v) is 3.54. The molecular formula is C15H16N2O. The summed E-state index contributed by atoms with van der Waals surface area (Å²) in [5, 5.41) is 0.